The monoisotopic (exact) mass is 497 g/mol. The second-order valence-corrected chi connectivity index (χ2v) is 8.91. The highest BCUT2D eigenvalue weighted by Crippen LogP contribution is 2.35. The van der Waals surface area contributed by atoms with Crippen molar-refractivity contribution >= 4 is 11.6 Å². The fourth-order valence-electron chi connectivity index (χ4n) is 4.42. The molecule has 0 saturated carbocycles. The fourth-order valence-corrected chi connectivity index (χ4v) is 4.42. The van der Waals surface area contributed by atoms with Crippen LogP contribution in [0, 0.1) is 0 Å². The number of likely N-dealkylation sites (N-methyl/N-ethyl adjacent to an activating group) is 2. The van der Waals surface area contributed by atoms with Crippen molar-refractivity contribution in [1.29, 1.82) is 0 Å². The molecule has 0 saturated heterocycles. The average Bonchev–Trinajstić information content (AvgIpc) is 2.88. The van der Waals surface area contributed by atoms with Crippen LogP contribution in [0.15, 0.2) is 72.8 Å². The van der Waals surface area contributed by atoms with Crippen LogP contribution in [0.4, 0.5) is 18.9 Å². The number of rotatable bonds is 8. The van der Waals surface area contributed by atoms with Gasteiger partial charge in [-0.05, 0) is 53.8 Å². The van der Waals surface area contributed by atoms with E-state index in [4.69, 9.17) is 4.74 Å². The lowest BCUT2D eigenvalue weighted by Gasteiger charge is -2.30. The molecule has 190 valence electrons. The lowest BCUT2D eigenvalue weighted by Crippen LogP contribution is -2.38. The lowest BCUT2D eigenvalue weighted by molar-refractivity contribution is -0.137. The highest BCUT2D eigenvalue weighted by atomic mass is 19.4. The van der Waals surface area contributed by atoms with E-state index in [9.17, 15) is 18.0 Å². The minimum atomic E-state index is -4.37. The normalized spacial score (nSPS) is 15.0. The van der Waals surface area contributed by atoms with E-state index in [1.54, 1.807) is 7.05 Å². The molecule has 1 amide bonds. The van der Waals surface area contributed by atoms with Gasteiger partial charge in [-0.1, -0.05) is 48.5 Å². The van der Waals surface area contributed by atoms with Crippen molar-refractivity contribution in [2.75, 3.05) is 32.1 Å². The van der Waals surface area contributed by atoms with Crippen molar-refractivity contribution in [3.05, 3.63) is 95.1 Å². The number of nitrogens with one attached hydrogen (secondary N) is 2. The Morgan fingerprint density at radius 2 is 1.75 bits per heavy atom. The van der Waals surface area contributed by atoms with Gasteiger partial charge in [0, 0.05) is 20.1 Å². The molecule has 0 bridgehead atoms. The van der Waals surface area contributed by atoms with E-state index < -0.39 is 17.8 Å². The van der Waals surface area contributed by atoms with E-state index in [1.165, 1.54) is 12.1 Å². The van der Waals surface area contributed by atoms with Crippen molar-refractivity contribution in [3.63, 3.8) is 0 Å². The molecule has 0 aliphatic carbocycles. The number of hydrogen-bond acceptors (Lipinski definition) is 4. The molecule has 1 unspecified atom stereocenters. The van der Waals surface area contributed by atoms with Gasteiger partial charge in [0.1, 0.15) is 18.4 Å². The summed E-state index contributed by atoms with van der Waals surface area (Å²) in [5.41, 5.74) is 2.89. The van der Waals surface area contributed by atoms with Crippen LogP contribution in [0.1, 0.15) is 40.8 Å². The lowest BCUT2D eigenvalue weighted by atomic mass is 9.95. The third-order valence-corrected chi connectivity index (χ3v) is 6.49. The smallest absolute Gasteiger partial charge is 0.416 e. The summed E-state index contributed by atoms with van der Waals surface area (Å²) in [4.78, 5) is 15.0. The Morgan fingerprint density at radius 1 is 1.03 bits per heavy atom. The Bertz CT molecular complexity index is 1170. The molecule has 0 spiro atoms. The zero-order chi connectivity index (χ0) is 25.7. The van der Waals surface area contributed by atoms with Crippen molar-refractivity contribution in [2.24, 2.45) is 0 Å². The first kappa shape index (κ1) is 25.6. The summed E-state index contributed by atoms with van der Waals surface area (Å²) in [5.74, 6) is 0.605. The van der Waals surface area contributed by atoms with E-state index in [-0.39, 0.29) is 11.9 Å². The van der Waals surface area contributed by atoms with E-state index in [0.717, 1.165) is 46.8 Å². The quantitative estimate of drug-likeness (QED) is 0.445. The molecular formula is C28H30F3N3O2. The number of alkyl halides is 3. The van der Waals surface area contributed by atoms with Crippen LogP contribution in [-0.4, -0.2) is 33.2 Å². The number of benzene rings is 3. The molecule has 4 rings (SSSR count). The first-order valence-electron chi connectivity index (χ1n) is 11.9. The van der Waals surface area contributed by atoms with Crippen LogP contribution in [-0.2, 0) is 17.4 Å². The molecule has 3 aromatic carbocycles. The average molecular weight is 498 g/mol. The summed E-state index contributed by atoms with van der Waals surface area (Å²) in [6.07, 6.45) is -3.27. The number of anilines is 1. The van der Waals surface area contributed by atoms with Gasteiger partial charge in [0.2, 0.25) is 5.91 Å². The summed E-state index contributed by atoms with van der Waals surface area (Å²) >= 11 is 0. The molecule has 8 heteroatoms. The Labute approximate surface area is 209 Å². The van der Waals surface area contributed by atoms with Crippen LogP contribution in [0.3, 0.4) is 0 Å². The van der Waals surface area contributed by atoms with Gasteiger partial charge in [0.05, 0.1) is 17.8 Å². The molecule has 1 aliphatic rings. The number of aryl methyl sites for hydroxylation is 1. The van der Waals surface area contributed by atoms with E-state index in [2.05, 4.69) is 15.5 Å². The third kappa shape index (κ3) is 5.99. The summed E-state index contributed by atoms with van der Waals surface area (Å²) in [5, 5.41) is 6.23. The molecule has 3 aromatic rings. The number of carbonyl (C=O) groups is 1. The van der Waals surface area contributed by atoms with Gasteiger partial charge >= 0.3 is 6.18 Å². The number of carbonyl (C=O) groups excluding carboxylic acids is 1. The zero-order valence-electron chi connectivity index (χ0n) is 20.3. The predicted molar refractivity (Wildman–Crippen MR) is 134 cm³/mol. The van der Waals surface area contributed by atoms with Gasteiger partial charge in [-0.15, -0.1) is 0 Å². The zero-order valence-corrected chi connectivity index (χ0v) is 20.3. The SMILES string of the molecule is CNC(=O)C(N[C@H](CCc1ccc(C(F)(F)F)cc1)c1ccc2c(c1)OCCN2C)c1ccccc1. The Hall–Kier alpha value is -3.52. The van der Waals surface area contributed by atoms with E-state index in [1.807, 2.05) is 55.6 Å². The first-order valence-corrected chi connectivity index (χ1v) is 11.9. The van der Waals surface area contributed by atoms with Gasteiger partial charge in [-0.2, -0.15) is 13.2 Å². The molecule has 1 aliphatic heterocycles. The van der Waals surface area contributed by atoms with E-state index in [0.29, 0.717) is 19.4 Å². The first-order chi connectivity index (χ1) is 17.3. The standard InChI is InChI=1S/C28H30F3N3O2/c1-32-27(35)26(20-6-4-3-5-7-20)33-23(14-10-19-8-12-22(13-9-19)28(29,30)31)21-11-15-24-25(18-21)36-17-16-34(24)2/h3-9,11-13,15,18,23,26,33H,10,14,16-17H2,1-2H3,(H,32,35)/t23-,26?/m1/s1. The number of amides is 1. The van der Waals surface area contributed by atoms with E-state index >= 15 is 0 Å². The maximum Gasteiger partial charge on any atom is 0.416 e. The third-order valence-electron chi connectivity index (χ3n) is 6.49. The highest BCUT2D eigenvalue weighted by Gasteiger charge is 2.30. The van der Waals surface area contributed by atoms with Gasteiger partial charge < -0.3 is 15.0 Å². The fraction of sp³-hybridized carbons (Fsp3) is 0.321. The molecule has 1 heterocycles. The minimum Gasteiger partial charge on any atom is -0.490 e. The maximum atomic E-state index is 13.0. The van der Waals surface area contributed by atoms with Gasteiger partial charge in [0.25, 0.3) is 0 Å². The Morgan fingerprint density at radius 3 is 2.42 bits per heavy atom. The molecule has 0 aromatic heterocycles. The summed E-state index contributed by atoms with van der Waals surface area (Å²) in [6, 6.07) is 19.8. The predicted octanol–water partition coefficient (Wildman–Crippen LogP) is 5.28. The van der Waals surface area contributed by atoms with Crippen LogP contribution < -0.4 is 20.3 Å². The van der Waals surface area contributed by atoms with Crippen molar-refractivity contribution < 1.29 is 22.7 Å². The van der Waals surface area contributed by atoms with Crippen LogP contribution in [0.25, 0.3) is 0 Å². The van der Waals surface area contributed by atoms with Crippen LogP contribution in [0.2, 0.25) is 0 Å². The number of nitrogens with zero attached hydrogens (tertiary/aromatic N) is 1. The van der Waals surface area contributed by atoms with Crippen molar-refractivity contribution in [3.8, 4) is 5.75 Å². The Balaban J connectivity index is 1.62. The number of halogens is 3. The number of ether oxygens (including phenoxy) is 1. The second-order valence-electron chi connectivity index (χ2n) is 8.91. The van der Waals surface area contributed by atoms with Gasteiger partial charge in [-0.25, -0.2) is 0 Å². The Kier molecular flexibility index (Phi) is 7.84. The number of hydrogen-bond donors (Lipinski definition) is 2. The molecule has 0 radical (unpaired) electrons. The van der Waals surface area contributed by atoms with Crippen LogP contribution >= 0.6 is 0 Å². The topological polar surface area (TPSA) is 53.6 Å². The molecule has 2 N–H and O–H groups in total. The maximum absolute atomic E-state index is 13.0. The van der Waals surface area contributed by atoms with Gasteiger partial charge in [-0.3, -0.25) is 10.1 Å². The van der Waals surface area contributed by atoms with Crippen LogP contribution in [0.5, 0.6) is 5.75 Å². The second kappa shape index (κ2) is 11.0. The van der Waals surface area contributed by atoms with Gasteiger partial charge in [0.15, 0.2) is 0 Å². The summed E-state index contributed by atoms with van der Waals surface area (Å²) < 4.78 is 44.8. The highest BCUT2D eigenvalue weighted by molar-refractivity contribution is 5.83. The molecular weight excluding hydrogens is 467 g/mol. The van der Waals surface area contributed by atoms with Crippen molar-refractivity contribution in [2.45, 2.75) is 31.1 Å². The summed E-state index contributed by atoms with van der Waals surface area (Å²) in [6.45, 7) is 1.39. The molecule has 2 atom stereocenters. The van der Waals surface area contributed by atoms with Crippen molar-refractivity contribution in [1.82, 2.24) is 10.6 Å². The summed E-state index contributed by atoms with van der Waals surface area (Å²) in [7, 11) is 3.61. The molecule has 5 nitrogen and oxygen atoms in total. The molecule has 36 heavy (non-hydrogen) atoms. The largest absolute Gasteiger partial charge is 0.490 e. The number of fused-ring (bicyclic) bond motifs is 1. The minimum absolute atomic E-state index is 0.172. The molecule has 0 fully saturated rings.